The van der Waals surface area contributed by atoms with Crippen molar-refractivity contribution in [1.29, 1.82) is 0 Å². The predicted molar refractivity (Wildman–Crippen MR) is 111 cm³/mol. The number of nitrogens with one attached hydrogen (secondary N) is 2. The Balaban J connectivity index is 0.00000204. The van der Waals surface area contributed by atoms with E-state index in [0.717, 1.165) is 12.0 Å². The minimum absolute atomic E-state index is 0.208. The van der Waals surface area contributed by atoms with Gasteiger partial charge in [-0.15, -0.1) is 0 Å². The molecule has 1 saturated heterocycles. The maximum absolute atomic E-state index is 12.5. The van der Waals surface area contributed by atoms with Gasteiger partial charge < -0.3 is 26.0 Å². The quantitative estimate of drug-likeness (QED) is 0.683. The van der Waals surface area contributed by atoms with Crippen LogP contribution in [0.15, 0.2) is 18.3 Å². The first-order valence-corrected chi connectivity index (χ1v) is 9.90. The number of amides is 3. The van der Waals surface area contributed by atoms with Crippen molar-refractivity contribution < 1.29 is 19.1 Å². The molecule has 1 unspecified atom stereocenters. The second-order valence-electron chi connectivity index (χ2n) is 7.41. The molecule has 1 aromatic heterocycles. The van der Waals surface area contributed by atoms with Crippen molar-refractivity contribution in [2.75, 3.05) is 18.8 Å². The van der Waals surface area contributed by atoms with Crippen LogP contribution in [0.3, 0.4) is 0 Å². The lowest BCUT2D eigenvalue weighted by Crippen LogP contribution is -2.49. The Kier molecular flexibility index (Phi) is 9.37. The fraction of sp³-hybridized carbons (Fsp3) is 0.600. The number of carbonyl (C=O) groups excluding carboxylic acids is 3. The molecule has 9 heteroatoms. The van der Waals surface area contributed by atoms with Gasteiger partial charge in [0.05, 0.1) is 0 Å². The molecule has 1 aliphatic rings. The van der Waals surface area contributed by atoms with Crippen LogP contribution in [-0.2, 0) is 20.9 Å². The number of nitrogens with zero attached hydrogens (tertiary/aromatic N) is 2. The molecule has 162 valence electrons. The maximum atomic E-state index is 12.5. The van der Waals surface area contributed by atoms with E-state index in [1.54, 1.807) is 39.1 Å². The molecule has 0 saturated carbocycles. The van der Waals surface area contributed by atoms with Gasteiger partial charge in [-0.1, -0.05) is 19.9 Å². The van der Waals surface area contributed by atoms with Gasteiger partial charge in [-0.2, -0.15) is 0 Å². The molecule has 0 radical (unpaired) electrons. The summed E-state index contributed by atoms with van der Waals surface area (Å²) in [5, 5.41) is 5.25. The van der Waals surface area contributed by atoms with Crippen molar-refractivity contribution in [3.63, 3.8) is 0 Å². The van der Waals surface area contributed by atoms with E-state index < -0.39 is 17.7 Å². The SMILES string of the molecule is CC.CC(C)(C)OC(=O)NCC(=O)N1CCCC1C(=O)NCc1ccc(N)nc1. The minimum atomic E-state index is -0.660. The van der Waals surface area contributed by atoms with Crippen LogP contribution < -0.4 is 16.4 Å². The lowest BCUT2D eigenvalue weighted by molar-refractivity contribution is -0.137. The van der Waals surface area contributed by atoms with Crippen molar-refractivity contribution in [2.45, 2.75) is 65.6 Å². The van der Waals surface area contributed by atoms with Crippen LogP contribution in [0.1, 0.15) is 53.0 Å². The molecule has 0 bridgehead atoms. The molecule has 29 heavy (non-hydrogen) atoms. The van der Waals surface area contributed by atoms with E-state index in [1.807, 2.05) is 13.8 Å². The van der Waals surface area contributed by atoms with Gasteiger partial charge in [-0.3, -0.25) is 9.59 Å². The first-order chi connectivity index (χ1) is 13.7. The van der Waals surface area contributed by atoms with Gasteiger partial charge in [0.2, 0.25) is 11.8 Å². The first-order valence-electron chi connectivity index (χ1n) is 9.90. The summed E-state index contributed by atoms with van der Waals surface area (Å²) in [4.78, 5) is 42.0. The highest BCUT2D eigenvalue weighted by molar-refractivity contribution is 5.90. The molecule has 2 rings (SSSR count). The third kappa shape index (κ3) is 8.37. The van der Waals surface area contributed by atoms with Gasteiger partial charge in [-0.05, 0) is 45.2 Å². The molecular weight excluding hydrogens is 374 g/mol. The molecular formula is C20H33N5O4. The van der Waals surface area contributed by atoms with Crippen molar-refractivity contribution in [1.82, 2.24) is 20.5 Å². The summed E-state index contributed by atoms with van der Waals surface area (Å²) in [5.74, 6) is -0.127. The number of hydrogen-bond acceptors (Lipinski definition) is 6. The van der Waals surface area contributed by atoms with Gasteiger partial charge in [0.1, 0.15) is 24.0 Å². The van der Waals surface area contributed by atoms with Crippen LogP contribution in [-0.4, -0.2) is 52.5 Å². The number of rotatable bonds is 5. The fourth-order valence-corrected chi connectivity index (χ4v) is 2.75. The molecule has 0 aromatic carbocycles. The molecule has 4 N–H and O–H groups in total. The van der Waals surface area contributed by atoms with E-state index >= 15 is 0 Å². The molecule has 0 spiro atoms. The van der Waals surface area contributed by atoms with Crippen LogP contribution in [0, 0.1) is 0 Å². The zero-order valence-corrected chi connectivity index (χ0v) is 17.9. The lowest BCUT2D eigenvalue weighted by Gasteiger charge is -2.25. The number of pyridine rings is 1. The smallest absolute Gasteiger partial charge is 0.408 e. The second kappa shape index (κ2) is 11.2. The second-order valence-corrected chi connectivity index (χ2v) is 7.41. The summed E-state index contributed by atoms with van der Waals surface area (Å²) in [6.45, 7) is 9.81. The minimum Gasteiger partial charge on any atom is -0.444 e. The topological polar surface area (TPSA) is 127 Å². The maximum Gasteiger partial charge on any atom is 0.408 e. The third-order valence-electron chi connectivity index (χ3n) is 3.97. The summed E-state index contributed by atoms with van der Waals surface area (Å²) in [5.41, 5.74) is 5.72. The van der Waals surface area contributed by atoms with Crippen molar-refractivity contribution in [3.05, 3.63) is 23.9 Å². The Hall–Kier alpha value is -2.84. The molecule has 1 atom stereocenters. The Bertz CT molecular complexity index is 685. The number of nitrogens with two attached hydrogens (primary N) is 1. The van der Waals surface area contributed by atoms with Crippen LogP contribution in [0.25, 0.3) is 0 Å². The van der Waals surface area contributed by atoms with E-state index in [-0.39, 0.29) is 18.4 Å². The lowest BCUT2D eigenvalue weighted by atomic mass is 10.2. The van der Waals surface area contributed by atoms with Gasteiger partial charge >= 0.3 is 6.09 Å². The Morgan fingerprint density at radius 2 is 1.93 bits per heavy atom. The number of aromatic nitrogens is 1. The highest BCUT2D eigenvalue weighted by Crippen LogP contribution is 2.17. The number of hydrogen-bond donors (Lipinski definition) is 3. The number of alkyl carbamates (subject to hydrolysis) is 1. The average molecular weight is 408 g/mol. The highest BCUT2D eigenvalue weighted by atomic mass is 16.6. The largest absolute Gasteiger partial charge is 0.444 e. The summed E-state index contributed by atoms with van der Waals surface area (Å²) < 4.78 is 5.11. The molecule has 1 fully saturated rings. The summed E-state index contributed by atoms with van der Waals surface area (Å²) in [7, 11) is 0. The van der Waals surface area contributed by atoms with E-state index in [1.165, 1.54) is 4.90 Å². The van der Waals surface area contributed by atoms with Crippen molar-refractivity contribution >= 4 is 23.7 Å². The van der Waals surface area contributed by atoms with Crippen LogP contribution >= 0.6 is 0 Å². The molecule has 1 aromatic rings. The van der Waals surface area contributed by atoms with Crippen LogP contribution in [0.2, 0.25) is 0 Å². The van der Waals surface area contributed by atoms with Gasteiger partial charge in [0.15, 0.2) is 0 Å². The predicted octanol–water partition coefficient (Wildman–Crippen LogP) is 1.82. The molecule has 1 aliphatic heterocycles. The van der Waals surface area contributed by atoms with E-state index in [4.69, 9.17) is 10.5 Å². The van der Waals surface area contributed by atoms with E-state index in [2.05, 4.69) is 15.6 Å². The Morgan fingerprint density at radius 1 is 1.24 bits per heavy atom. The zero-order chi connectivity index (χ0) is 22.0. The normalized spacial score (nSPS) is 15.8. The third-order valence-corrected chi connectivity index (χ3v) is 3.97. The van der Waals surface area contributed by atoms with Gasteiger partial charge in [0.25, 0.3) is 0 Å². The summed E-state index contributed by atoms with van der Waals surface area (Å²) >= 11 is 0. The fourth-order valence-electron chi connectivity index (χ4n) is 2.75. The molecule has 0 aliphatic carbocycles. The Morgan fingerprint density at radius 3 is 2.52 bits per heavy atom. The van der Waals surface area contributed by atoms with E-state index in [0.29, 0.717) is 25.3 Å². The summed E-state index contributed by atoms with van der Waals surface area (Å²) in [6, 6.07) is 2.90. The monoisotopic (exact) mass is 407 g/mol. The van der Waals surface area contributed by atoms with Crippen molar-refractivity contribution in [3.8, 4) is 0 Å². The number of anilines is 1. The van der Waals surface area contributed by atoms with Crippen LogP contribution in [0.4, 0.5) is 10.6 Å². The van der Waals surface area contributed by atoms with E-state index in [9.17, 15) is 14.4 Å². The highest BCUT2D eigenvalue weighted by Gasteiger charge is 2.34. The van der Waals surface area contributed by atoms with Crippen LogP contribution in [0.5, 0.6) is 0 Å². The van der Waals surface area contributed by atoms with Gasteiger partial charge in [-0.25, -0.2) is 9.78 Å². The number of likely N-dealkylation sites (tertiary alicyclic amines) is 1. The summed E-state index contributed by atoms with van der Waals surface area (Å²) in [6.07, 6.45) is 2.26. The Labute approximate surface area is 172 Å². The average Bonchev–Trinajstić information content (AvgIpc) is 3.16. The first kappa shape index (κ1) is 24.2. The molecule has 9 nitrogen and oxygen atoms in total. The number of ether oxygens (including phenoxy) is 1. The van der Waals surface area contributed by atoms with Crippen molar-refractivity contribution in [2.24, 2.45) is 0 Å². The van der Waals surface area contributed by atoms with Gasteiger partial charge in [0, 0.05) is 19.3 Å². The standard InChI is InChI=1S/C18H27N5O4.C2H6/c1-18(2,3)27-17(26)22-11-15(24)23-8-4-5-13(23)16(25)21-10-12-6-7-14(19)20-9-12;1-2/h6-7,9,13H,4-5,8,10-11H2,1-3H3,(H2,19,20)(H,21,25)(H,22,26);1-2H3. The molecule has 2 heterocycles. The number of nitrogen functional groups attached to an aromatic ring is 1. The zero-order valence-electron chi connectivity index (χ0n) is 17.9. The molecule has 3 amide bonds. The number of carbonyl (C=O) groups is 3.